The molecule has 1 amide bonds. The number of amides is 1. The van der Waals surface area contributed by atoms with E-state index in [1.165, 1.54) is 16.9 Å². The number of thiazole rings is 1. The molecule has 172 valence electrons. The highest BCUT2D eigenvalue weighted by molar-refractivity contribution is 7.16. The number of esters is 1. The van der Waals surface area contributed by atoms with E-state index in [9.17, 15) is 9.59 Å². The molecule has 1 aliphatic heterocycles. The van der Waals surface area contributed by atoms with E-state index in [1.54, 1.807) is 11.5 Å². The molecule has 0 bridgehead atoms. The molecule has 1 aromatic heterocycles. The number of rotatable bonds is 5. The molecule has 3 aromatic carbocycles. The molecule has 0 N–H and O–H groups in total. The Hall–Kier alpha value is -3.71. The van der Waals surface area contributed by atoms with Crippen LogP contribution in [0.3, 0.4) is 0 Å². The molecular formula is C27H24N2O4S. The first kappa shape index (κ1) is 22.1. The van der Waals surface area contributed by atoms with Gasteiger partial charge in [0, 0.05) is 11.1 Å². The van der Waals surface area contributed by atoms with Gasteiger partial charge in [0.25, 0.3) is 5.91 Å². The summed E-state index contributed by atoms with van der Waals surface area (Å²) in [5.74, 6) is 0.0465. The fraction of sp³-hybridized carbons (Fsp3) is 0.222. The molecule has 34 heavy (non-hydrogen) atoms. The number of fused-ring (bicyclic) bond motifs is 3. The van der Waals surface area contributed by atoms with Crippen LogP contribution >= 0.6 is 11.3 Å². The third-order valence-electron chi connectivity index (χ3n) is 5.88. The van der Waals surface area contributed by atoms with Crippen molar-refractivity contribution < 1.29 is 19.1 Å². The monoisotopic (exact) mass is 472 g/mol. The minimum Gasteiger partial charge on any atom is -0.465 e. The fourth-order valence-corrected chi connectivity index (χ4v) is 5.34. The summed E-state index contributed by atoms with van der Waals surface area (Å²) in [4.78, 5) is 31.1. The second kappa shape index (κ2) is 9.27. The number of aryl methyl sites for hydroxylation is 1. The Morgan fingerprint density at radius 1 is 1.00 bits per heavy atom. The molecule has 6 nitrogen and oxygen atoms in total. The van der Waals surface area contributed by atoms with Crippen LogP contribution in [-0.4, -0.2) is 23.1 Å². The minimum atomic E-state index is -0.589. The van der Waals surface area contributed by atoms with Crippen molar-refractivity contribution in [2.75, 3.05) is 6.61 Å². The van der Waals surface area contributed by atoms with Gasteiger partial charge < -0.3 is 14.0 Å². The molecule has 0 spiro atoms. The Labute approximate surface area is 201 Å². The van der Waals surface area contributed by atoms with E-state index in [0.717, 1.165) is 27.8 Å². The zero-order chi connectivity index (χ0) is 23.7. The van der Waals surface area contributed by atoms with Crippen LogP contribution in [0.1, 0.15) is 36.5 Å². The molecule has 0 saturated heterocycles. The summed E-state index contributed by atoms with van der Waals surface area (Å²) in [5, 5.41) is 0. The van der Waals surface area contributed by atoms with E-state index in [4.69, 9.17) is 9.47 Å². The van der Waals surface area contributed by atoms with E-state index in [0.29, 0.717) is 22.9 Å². The Balaban J connectivity index is 1.65. The summed E-state index contributed by atoms with van der Waals surface area (Å²) in [7, 11) is 0. The highest BCUT2D eigenvalue weighted by Gasteiger charge is 2.32. The summed E-state index contributed by atoms with van der Waals surface area (Å²) in [5.41, 5.74) is 3.60. The van der Waals surface area contributed by atoms with Crippen molar-refractivity contribution in [2.45, 2.75) is 32.7 Å². The predicted octanol–water partition coefficient (Wildman–Crippen LogP) is 5.19. The van der Waals surface area contributed by atoms with E-state index < -0.39 is 5.92 Å². The van der Waals surface area contributed by atoms with Crippen molar-refractivity contribution in [3.63, 3.8) is 0 Å². The largest absolute Gasteiger partial charge is 0.465 e. The molecule has 7 heteroatoms. The van der Waals surface area contributed by atoms with Crippen LogP contribution in [0, 0.1) is 0 Å². The summed E-state index contributed by atoms with van der Waals surface area (Å²) in [6.45, 7) is 4.15. The zero-order valence-corrected chi connectivity index (χ0v) is 19.8. The molecule has 0 saturated carbocycles. The van der Waals surface area contributed by atoms with Crippen LogP contribution in [0.15, 0.2) is 71.7 Å². The van der Waals surface area contributed by atoms with Gasteiger partial charge in [-0.1, -0.05) is 60.7 Å². The maximum atomic E-state index is 13.7. The highest BCUT2D eigenvalue weighted by atomic mass is 32.1. The Morgan fingerprint density at radius 2 is 1.68 bits per heavy atom. The van der Waals surface area contributed by atoms with E-state index in [1.807, 2.05) is 60.7 Å². The van der Waals surface area contributed by atoms with E-state index in [2.05, 4.69) is 18.0 Å². The molecule has 1 aliphatic rings. The first-order valence-electron chi connectivity index (χ1n) is 11.3. The van der Waals surface area contributed by atoms with Gasteiger partial charge in [0.05, 0.1) is 22.7 Å². The maximum Gasteiger partial charge on any atom is 0.326 e. The van der Waals surface area contributed by atoms with Crippen LogP contribution in [0.2, 0.25) is 0 Å². The highest BCUT2D eigenvalue weighted by Crippen LogP contribution is 2.44. The number of hydrogen-bond donors (Lipinski definition) is 0. The molecule has 0 aliphatic carbocycles. The molecule has 5 rings (SSSR count). The lowest BCUT2D eigenvalue weighted by atomic mass is 9.87. The van der Waals surface area contributed by atoms with Crippen LogP contribution in [0.25, 0.3) is 10.2 Å². The van der Waals surface area contributed by atoms with Gasteiger partial charge in [-0.2, -0.15) is 4.99 Å². The smallest absolute Gasteiger partial charge is 0.326 e. The average Bonchev–Trinajstić information content (AvgIpc) is 3.18. The third kappa shape index (κ3) is 4.03. The molecule has 4 aromatic rings. The number of ether oxygens (including phenoxy) is 2. The summed E-state index contributed by atoms with van der Waals surface area (Å²) >= 11 is 1.40. The molecule has 0 unspecified atom stereocenters. The number of benzene rings is 3. The summed E-state index contributed by atoms with van der Waals surface area (Å²) in [6.07, 6.45) is 0.896. The normalized spacial score (nSPS) is 13.3. The van der Waals surface area contributed by atoms with Crippen molar-refractivity contribution in [3.05, 3.63) is 88.2 Å². The second-order valence-corrected chi connectivity index (χ2v) is 9.00. The van der Waals surface area contributed by atoms with Crippen molar-refractivity contribution in [1.29, 1.82) is 0 Å². The SMILES string of the molecule is CCOC(=O)Cn1c(=NC(=O)C2c3ccccc3Oc3ccccc32)sc2cc(CC)ccc21. The van der Waals surface area contributed by atoms with Gasteiger partial charge in [-0.25, -0.2) is 0 Å². The number of para-hydroxylation sites is 2. The summed E-state index contributed by atoms with van der Waals surface area (Å²) in [6, 6.07) is 21.2. The van der Waals surface area contributed by atoms with Gasteiger partial charge in [-0.3, -0.25) is 9.59 Å². The summed E-state index contributed by atoms with van der Waals surface area (Å²) < 4.78 is 14.0. The Bertz CT molecular complexity index is 1420. The van der Waals surface area contributed by atoms with Gasteiger partial charge in [0.1, 0.15) is 18.0 Å². The van der Waals surface area contributed by atoms with Crippen LogP contribution in [-0.2, 0) is 27.3 Å². The van der Waals surface area contributed by atoms with Crippen molar-refractivity contribution in [3.8, 4) is 11.5 Å². The van der Waals surface area contributed by atoms with Gasteiger partial charge in [0.2, 0.25) is 0 Å². The van der Waals surface area contributed by atoms with Crippen molar-refractivity contribution in [2.24, 2.45) is 4.99 Å². The van der Waals surface area contributed by atoms with Gasteiger partial charge in [-0.05, 0) is 43.2 Å². The Morgan fingerprint density at radius 3 is 2.32 bits per heavy atom. The minimum absolute atomic E-state index is 0.00756. The second-order valence-electron chi connectivity index (χ2n) is 7.99. The quantitative estimate of drug-likeness (QED) is 0.375. The molecular weight excluding hydrogens is 448 g/mol. The lowest BCUT2D eigenvalue weighted by Crippen LogP contribution is -2.25. The van der Waals surface area contributed by atoms with Gasteiger partial charge in [0.15, 0.2) is 4.80 Å². The number of aromatic nitrogens is 1. The molecule has 0 atom stereocenters. The number of carbonyl (C=O) groups excluding carboxylic acids is 2. The number of nitrogens with zero attached hydrogens (tertiary/aromatic N) is 2. The maximum absolute atomic E-state index is 13.7. The lowest BCUT2D eigenvalue weighted by Gasteiger charge is -2.25. The number of hydrogen-bond acceptors (Lipinski definition) is 5. The third-order valence-corrected chi connectivity index (χ3v) is 6.92. The van der Waals surface area contributed by atoms with Crippen molar-refractivity contribution in [1.82, 2.24) is 4.57 Å². The van der Waals surface area contributed by atoms with Crippen molar-refractivity contribution >= 4 is 33.4 Å². The molecule has 0 fully saturated rings. The van der Waals surface area contributed by atoms with Crippen LogP contribution < -0.4 is 9.54 Å². The standard InChI is InChI=1S/C27H24N2O4S/c1-3-17-13-14-20-23(15-17)34-27(29(20)16-24(30)32-4-2)28-26(31)25-18-9-5-7-11-21(18)33-22-12-8-6-10-19(22)25/h5-15,25H,3-4,16H2,1-2H3. The van der Waals surface area contributed by atoms with E-state index in [-0.39, 0.29) is 18.4 Å². The van der Waals surface area contributed by atoms with Gasteiger partial charge >= 0.3 is 5.97 Å². The van der Waals surface area contributed by atoms with Crippen LogP contribution in [0.5, 0.6) is 11.5 Å². The number of carbonyl (C=O) groups is 2. The first-order valence-corrected chi connectivity index (χ1v) is 12.1. The van der Waals surface area contributed by atoms with Gasteiger partial charge in [-0.15, -0.1) is 0 Å². The predicted molar refractivity (Wildman–Crippen MR) is 131 cm³/mol. The first-order chi connectivity index (χ1) is 16.6. The molecule has 0 radical (unpaired) electrons. The topological polar surface area (TPSA) is 69.9 Å². The zero-order valence-electron chi connectivity index (χ0n) is 19.0. The molecule has 2 heterocycles. The van der Waals surface area contributed by atoms with E-state index >= 15 is 0 Å². The average molecular weight is 473 g/mol. The Kier molecular flexibility index (Phi) is 6.02. The fourth-order valence-electron chi connectivity index (χ4n) is 4.25. The van der Waals surface area contributed by atoms with Crippen LogP contribution in [0.4, 0.5) is 0 Å². The lowest BCUT2D eigenvalue weighted by molar-refractivity contribution is -0.143.